The van der Waals surface area contributed by atoms with Crippen LogP contribution in [-0.4, -0.2) is 62.8 Å². The fourth-order valence-electron chi connectivity index (χ4n) is 2.83. The lowest BCUT2D eigenvalue weighted by atomic mass is 10.0. The highest BCUT2D eigenvalue weighted by Gasteiger charge is 2.16. The van der Waals surface area contributed by atoms with Crippen LogP contribution in [0.25, 0.3) is 0 Å². The first-order valence-electron chi connectivity index (χ1n) is 9.26. The van der Waals surface area contributed by atoms with E-state index in [1.54, 1.807) is 7.11 Å². The quantitative estimate of drug-likeness (QED) is 0.243. The van der Waals surface area contributed by atoms with Crippen molar-refractivity contribution >= 4 is 29.9 Å². The zero-order valence-electron chi connectivity index (χ0n) is 16.4. The Kier molecular flexibility index (Phi) is 13.1. The number of piperidine rings is 1. The van der Waals surface area contributed by atoms with E-state index in [0.29, 0.717) is 6.54 Å². The van der Waals surface area contributed by atoms with Gasteiger partial charge in [-0.2, -0.15) is 0 Å². The third kappa shape index (κ3) is 10.7. The van der Waals surface area contributed by atoms with Crippen molar-refractivity contribution in [3.63, 3.8) is 0 Å². The predicted molar refractivity (Wildman–Crippen MR) is 115 cm³/mol. The van der Waals surface area contributed by atoms with Gasteiger partial charge in [0.25, 0.3) is 0 Å². The van der Waals surface area contributed by atoms with Crippen molar-refractivity contribution in [1.29, 1.82) is 0 Å². The minimum absolute atomic E-state index is 0. The van der Waals surface area contributed by atoms with Gasteiger partial charge >= 0.3 is 0 Å². The second-order valence-electron chi connectivity index (χ2n) is 7.34. The second-order valence-corrected chi connectivity index (χ2v) is 7.34. The molecule has 144 valence electrons. The molecule has 0 radical (unpaired) electrons. The Morgan fingerprint density at radius 3 is 2.67 bits per heavy atom. The van der Waals surface area contributed by atoms with Crippen LogP contribution in [0.3, 0.4) is 0 Å². The molecule has 1 heterocycles. The van der Waals surface area contributed by atoms with Crippen LogP contribution in [0.4, 0.5) is 0 Å². The molecule has 0 saturated carbocycles. The van der Waals surface area contributed by atoms with Crippen LogP contribution in [0.5, 0.6) is 0 Å². The molecule has 0 aromatic carbocycles. The van der Waals surface area contributed by atoms with Crippen molar-refractivity contribution in [1.82, 2.24) is 15.5 Å². The van der Waals surface area contributed by atoms with Crippen LogP contribution in [0, 0.1) is 5.92 Å². The predicted octanol–water partition coefficient (Wildman–Crippen LogP) is 3.10. The molecule has 0 amide bonds. The molecule has 1 aliphatic rings. The Labute approximate surface area is 166 Å². The molecule has 5 nitrogen and oxygen atoms in total. The van der Waals surface area contributed by atoms with Crippen molar-refractivity contribution in [2.24, 2.45) is 10.9 Å². The lowest BCUT2D eigenvalue weighted by Crippen LogP contribution is -2.40. The number of nitrogens with zero attached hydrogens (tertiary/aromatic N) is 2. The van der Waals surface area contributed by atoms with E-state index in [0.717, 1.165) is 25.0 Å². The van der Waals surface area contributed by atoms with E-state index >= 15 is 0 Å². The highest BCUT2D eigenvalue weighted by Crippen LogP contribution is 2.15. The minimum Gasteiger partial charge on any atom is -0.377 e. The monoisotopic (exact) mass is 454 g/mol. The zero-order chi connectivity index (χ0) is 17.1. The van der Waals surface area contributed by atoms with Crippen molar-refractivity contribution in [2.75, 3.05) is 46.4 Å². The summed E-state index contributed by atoms with van der Waals surface area (Å²) in [6, 6.07) is 0. The number of nitrogens with one attached hydrogen (secondary N) is 2. The third-order valence-electron chi connectivity index (χ3n) is 4.45. The molecule has 0 aromatic rings. The van der Waals surface area contributed by atoms with E-state index in [-0.39, 0.29) is 29.6 Å². The second kappa shape index (κ2) is 13.2. The number of aliphatic imine (C=N–C) groups is 1. The van der Waals surface area contributed by atoms with E-state index in [1.165, 1.54) is 45.3 Å². The standard InChI is InChI=1S/C18H38N4O.HI/c1-6-19-17(21-15-18(3,4)23-5)20-11-7-8-12-22-13-9-10-16(2)14-22;/h16H,6-15H2,1-5H3,(H2,19,20,21);1H. The lowest BCUT2D eigenvalue weighted by molar-refractivity contribution is 0.0310. The van der Waals surface area contributed by atoms with E-state index in [4.69, 9.17) is 4.74 Å². The van der Waals surface area contributed by atoms with Gasteiger partial charge in [-0.05, 0) is 65.5 Å². The van der Waals surface area contributed by atoms with Crippen LogP contribution in [0.15, 0.2) is 4.99 Å². The first kappa shape index (κ1) is 23.9. The number of rotatable bonds is 9. The number of unbranched alkanes of at least 4 members (excludes halogenated alkanes) is 1. The van der Waals surface area contributed by atoms with Gasteiger partial charge in [0, 0.05) is 26.7 Å². The van der Waals surface area contributed by atoms with E-state index in [9.17, 15) is 0 Å². The number of halogens is 1. The Morgan fingerprint density at radius 2 is 2.04 bits per heavy atom. The van der Waals surface area contributed by atoms with Crippen molar-refractivity contribution in [3.8, 4) is 0 Å². The summed E-state index contributed by atoms with van der Waals surface area (Å²) < 4.78 is 5.42. The van der Waals surface area contributed by atoms with E-state index in [1.807, 2.05) is 0 Å². The molecule has 0 aliphatic carbocycles. The number of hydrogen-bond acceptors (Lipinski definition) is 3. The first-order valence-corrected chi connectivity index (χ1v) is 9.26. The van der Waals surface area contributed by atoms with Crippen LogP contribution >= 0.6 is 24.0 Å². The van der Waals surface area contributed by atoms with Gasteiger partial charge in [0.05, 0.1) is 12.1 Å². The highest BCUT2D eigenvalue weighted by atomic mass is 127. The summed E-state index contributed by atoms with van der Waals surface area (Å²) in [5, 5.41) is 6.73. The summed E-state index contributed by atoms with van der Waals surface area (Å²) in [7, 11) is 1.73. The molecule has 1 atom stereocenters. The zero-order valence-corrected chi connectivity index (χ0v) is 18.7. The SMILES string of the molecule is CCNC(=NCC(C)(C)OC)NCCCCN1CCCC(C)C1.I. The maximum atomic E-state index is 5.42. The summed E-state index contributed by atoms with van der Waals surface area (Å²) in [5.74, 6) is 1.77. The van der Waals surface area contributed by atoms with Crippen LogP contribution in [0.1, 0.15) is 53.4 Å². The first-order chi connectivity index (χ1) is 11.0. The van der Waals surface area contributed by atoms with Gasteiger partial charge in [-0.15, -0.1) is 24.0 Å². The summed E-state index contributed by atoms with van der Waals surface area (Å²) in [6.07, 6.45) is 5.20. The summed E-state index contributed by atoms with van der Waals surface area (Å²) in [4.78, 5) is 7.23. The molecule has 6 heteroatoms. The number of guanidine groups is 1. The Morgan fingerprint density at radius 1 is 1.29 bits per heavy atom. The Hall–Kier alpha value is -0.0800. The third-order valence-corrected chi connectivity index (χ3v) is 4.45. The van der Waals surface area contributed by atoms with Gasteiger partial charge in [0.2, 0.25) is 0 Å². The molecular weight excluding hydrogens is 415 g/mol. The van der Waals surface area contributed by atoms with E-state index in [2.05, 4.69) is 48.2 Å². The summed E-state index contributed by atoms with van der Waals surface area (Å²) >= 11 is 0. The average molecular weight is 454 g/mol. The molecule has 1 aliphatic heterocycles. The van der Waals surface area contributed by atoms with Crippen LogP contribution in [-0.2, 0) is 4.74 Å². The number of ether oxygens (including phenoxy) is 1. The number of methoxy groups -OCH3 is 1. The van der Waals surface area contributed by atoms with Gasteiger partial charge in [0.1, 0.15) is 0 Å². The largest absolute Gasteiger partial charge is 0.377 e. The van der Waals surface area contributed by atoms with Crippen LogP contribution in [0.2, 0.25) is 0 Å². The van der Waals surface area contributed by atoms with Crippen LogP contribution < -0.4 is 10.6 Å². The van der Waals surface area contributed by atoms with Crippen molar-refractivity contribution < 1.29 is 4.74 Å². The minimum atomic E-state index is -0.215. The molecule has 0 aromatic heterocycles. The average Bonchev–Trinajstić information content (AvgIpc) is 2.52. The Balaban J connectivity index is 0.00000529. The fourth-order valence-corrected chi connectivity index (χ4v) is 2.83. The maximum absolute atomic E-state index is 5.42. The molecular formula is C18H39IN4O. The molecule has 1 fully saturated rings. The molecule has 0 spiro atoms. The number of likely N-dealkylation sites (tertiary alicyclic amines) is 1. The maximum Gasteiger partial charge on any atom is 0.191 e. The highest BCUT2D eigenvalue weighted by molar-refractivity contribution is 14.0. The van der Waals surface area contributed by atoms with Gasteiger partial charge in [-0.3, -0.25) is 4.99 Å². The molecule has 2 N–H and O–H groups in total. The molecule has 0 bridgehead atoms. The summed E-state index contributed by atoms with van der Waals surface area (Å²) in [5.41, 5.74) is -0.215. The Bertz CT molecular complexity index is 350. The molecule has 1 rings (SSSR count). The van der Waals surface area contributed by atoms with Gasteiger partial charge in [-0.1, -0.05) is 6.92 Å². The fraction of sp³-hybridized carbons (Fsp3) is 0.944. The van der Waals surface area contributed by atoms with Gasteiger partial charge < -0.3 is 20.3 Å². The number of hydrogen-bond donors (Lipinski definition) is 2. The summed E-state index contributed by atoms with van der Waals surface area (Å²) in [6.45, 7) is 14.9. The van der Waals surface area contributed by atoms with Crippen molar-refractivity contribution in [2.45, 2.75) is 59.0 Å². The van der Waals surface area contributed by atoms with E-state index < -0.39 is 0 Å². The molecule has 24 heavy (non-hydrogen) atoms. The smallest absolute Gasteiger partial charge is 0.191 e. The topological polar surface area (TPSA) is 48.9 Å². The van der Waals surface area contributed by atoms with Gasteiger partial charge in [0.15, 0.2) is 5.96 Å². The molecule has 1 unspecified atom stereocenters. The molecule has 1 saturated heterocycles. The van der Waals surface area contributed by atoms with Gasteiger partial charge in [-0.25, -0.2) is 0 Å². The van der Waals surface area contributed by atoms with Crippen molar-refractivity contribution in [3.05, 3.63) is 0 Å². The lowest BCUT2D eigenvalue weighted by Gasteiger charge is -2.30. The normalized spacial score (nSPS) is 19.7.